The molecule has 0 aliphatic carbocycles. The molecule has 2 atom stereocenters. The molecular formula is C10H18BrNOS. The zero-order valence-corrected chi connectivity index (χ0v) is 11.2. The summed E-state index contributed by atoms with van der Waals surface area (Å²) >= 11 is 5.22. The lowest BCUT2D eigenvalue weighted by molar-refractivity contribution is -0.121. The van der Waals surface area contributed by atoms with Crippen LogP contribution < -0.4 is 5.32 Å². The lowest BCUT2D eigenvalue weighted by Crippen LogP contribution is -2.43. The number of carbonyl (C=O) groups excluding carboxylic acids is 1. The van der Waals surface area contributed by atoms with Crippen molar-refractivity contribution >= 4 is 33.6 Å². The van der Waals surface area contributed by atoms with Crippen LogP contribution in [0.5, 0.6) is 0 Å². The molecule has 82 valence electrons. The molecule has 0 radical (unpaired) electrons. The van der Waals surface area contributed by atoms with Crippen LogP contribution in [-0.4, -0.2) is 28.3 Å². The molecule has 1 rings (SSSR count). The van der Waals surface area contributed by atoms with Crippen molar-refractivity contribution in [2.45, 2.75) is 38.0 Å². The van der Waals surface area contributed by atoms with Crippen molar-refractivity contribution in [2.24, 2.45) is 5.92 Å². The quantitative estimate of drug-likeness (QED) is 0.801. The molecule has 2 nitrogen and oxygen atoms in total. The molecule has 0 bridgehead atoms. The molecule has 14 heavy (non-hydrogen) atoms. The Morgan fingerprint density at radius 2 is 2.36 bits per heavy atom. The number of hydrogen-bond donors (Lipinski definition) is 1. The minimum absolute atomic E-state index is 0.204. The molecule has 0 aromatic carbocycles. The van der Waals surface area contributed by atoms with E-state index in [0.29, 0.717) is 5.92 Å². The van der Waals surface area contributed by atoms with Crippen LogP contribution in [0.15, 0.2) is 0 Å². The van der Waals surface area contributed by atoms with Gasteiger partial charge in [-0.2, -0.15) is 0 Å². The molecule has 2 unspecified atom stereocenters. The van der Waals surface area contributed by atoms with E-state index in [1.807, 2.05) is 0 Å². The largest absolute Gasteiger partial charge is 0.351 e. The van der Waals surface area contributed by atoms with Gasteiger partial charge in [0.1, 0.15) is 0 Å². The first-order valence-electron chi connectivity index (χ1n) is 5.13. The molecule has 1 fully saturated rings. The molecule has 0 aromatic heterocycles. The third-order valence-corrected chi connectivity index (χ3v) is 4.59. The van der Waals surface area contributed by atoms with Crippen LogP contribution in [-0.2, 0) is 4.79 Å². The second-order valence-electron chi connectivity index (χ2n) is 4.02. The summed E-state index contributed by atoms with van der Waals surface area (Å²) in [6, 6.07) is 0.267. The summed E-state index contributed by atoms with van der Waals surface area (Å²) in [6.07, 6.45) is 2.23. The first-order chi connectivity index (χ1) is 6.65. The van der Waals surface area contributed by atoms with Crippen LogP contribution in [0.25, 0.3) is 0 Å². The van der Waals surface area contributed by atoms with Crippen molar-refractivity contribution in [2.75, 3.05) is 11.1 Å². The van der Waals surface area contributed by atoms with Crippen molar-refractivity contribution in [1.29, 1.82) is 0 Å². The van der Waals surface area contributed by atoms with Crippen molar-refractivity contribution in [3.63, 3.8) is 0 Å². The lowest BCUT2D eigenvalue weighted by atomic mass is 10.1. The maximum absolute atomic E-state index is 11.8. The molecule has 0 spiro atoms. The minimum Gasteiger partial charge on any atom is -0.351 e. The third kappa shape index (κ3) is 3.46. The maximum atomic E-state index is 11.8. The Balaban J connectivity index is 2.37. The van der Waals surface area contributed by atoms with Gasteiger partial charge in [-0.15, -0.1) is 11.8 Å². The van der Waals surface area contributed by atoms with Gasteiger partial charge in [0.15, 0.2) is 0 Å². The van der Waals surface area contributed by atoms with E-state index in [1.165, 1.54) is 6.42 Å². The predicted octanol–water partition coefficient (Wildman–Crippen LogP) is 2.42. The Labute approximate surface area is 98.7 Å². The second-order valence-corrected chi connectivity index (χ2v) is 5.97. The fourth-order valence-corrected chi connectivity index (χ4v) is 3.52. The average Bonchev–Trinajstić information content (AvgIpc) is 2.65. The van der Waals surface area contributed by atoms with Crippen LogP contribution in [0.2, 0.25) is 0 Å². The van der Waals surface area contributed by atoms with Crippen molar-refractivity contribution in [3.8, 4) is 0 Å². The summed E-state index contributed by atoms with van der Waals surface area (Å²) in [4.78, 5) is 11.8. The summed E-state index contributed by atoms with van der Waals surface area (Å²) in [5.74, 6) is 1.86. The topological polar surface area (TPSA) is 29.1 Å². The second kappa shape index (κ2) is 6.01. The Hall–Kier alpha value is 0.300. The minimum atomic E-state index is 0.204. The standard InChI is InChI=1S/C10H18BrNOS/c1-7(2)8(6-11)12-10(13)9-4-3-5-14-9/h7-9H,3-6H2,1-2H3,(H,12,13). The Bertz CT molecular complexity index is 193. The van der Waals surface area contributed by atoms with Crippen molar-refractivity contribution in [3.05, 3.63) is 0 Å². The van der Waals surface area contributed by atoms with E-state index in [4.69, 9.17) is 0 Å². The molecule has 1 aliphatic heterocycles. The summed E-state index contributed by atoms with van der Waals surface area (Å²) in [7, 11) is 0. The van der Waals surface area contributed by atoms with Gasteiger partial charge in [0.2, 0.25) is 5.91 Å². The number of nitrogens with one attached hydrogen (secondary N) is 1. The highest BCUT2D eigenvalue weighted by Crippen LogP contribution is 2.26. The highest BCUT2D eigenvalue weighted by Gasteiger charge is 2.25. The SMILES string of the molecule is CC(C)C(CBr)NC(=O)C1CCCS1. The fourth-order valence-electron chi connectivity index (χ4n) is 1.44. The van der Waals surface area contributed by atoms with E-state index in [2.05, 4.69) is 35.1 Å². The normalized spacial score (nSPS) is 23.9. The van der Waals surface area contributed by atoms with Crippen LogP contribution in [0.1, 0.15) is 26.7 Å². The Morgan fingerprint density at radius 1 is 1.64 bits per heavy atom. The molecule has 1 amide bonds. The van der Waals surface area contributed by atoms with E-state index >= 15 is 0 Å². The van der Waals surface area contributed by atoms with Gasteiger partial charge in [-0.05, 0) is 24.5 Å². The zero-order chi connectivity index (χ0) is 10.6. The number of thioether (sulfide) groups is 1. The number of halogens is 1. The van der Waals surface area contributed by atoms with E-state index < -0.39 is 0 Å². The van der Waals surface area contributed by atoms with E-state index in [-0.39, 0.29) is 17.2 Å². The maximum Gasteiger partial charge on any atom is 0.233 e. The predicted molar refractivity (Wildman–Crippen MR) is 66.0 cm³/mol. The van der Waals surface area contributed by atoms with Gasteiger partial charge in [0.25, 0.3) is 0 Å². The summed E-state index contributed by atoms with van der Waals surface area (Å²) in [5.41, 5.74) is 0. The summed E-state index contributed by atoms with van der Waals surface area (Å²) < 4.78 is 0. The van der Waals surface area contributed by atoms with E-state index in [1.54, 1.807) is 11.8 Å². The molecule has 1 heterocycles. The molecule has 0 saturated carbocycles. The highest BCUT2D eigenvalue weighted by atomic mass is 79.9. The number of hydrogen-bond acceptors (Lipinski definition) is 2. The van der Waals surface area contributed by atoms with E-state index in [0.717, 1.165) is 17.5 Å². The van der Waals surface area contributed by atoms with Gasteiger partial charge in [-0.3, -0.25) is 4.79 Å². The zero-order valence-electron chi connectivity index (χ0n) is 8.75. The van der Waals surface area contributed by atoms with Crippen LogP contribution in [0.3, 0.4) is 0 Å². The van der Waals surface area contributed by atoms with Gasteiger partial charge in [-0.1, -0.05) is 29.8 Å². The van der Waals surface area contributed by atoms with Crippen molar-refractivity contribution < 1.29 is 4.79 Å². The average molecular weight is 280 g/mol. The van der Waals surface area contributed by atoms with Crippen molar-refractivity contribution in [1.82, 2.24) is 5.32 Å². The van der Waals surface area contributed by atoms with Gasteiger partial charge in [0.05, 0.1) is 5.25 Å². The van der Waals surface area contributed by atoms with Crippen LogP contribution >= 0.6 is 27.7 Å². The molecule has 1 N–H and O–H groups in total. The van der Waals surface area contributed by atoms with Crippen LogP contribution in [0.4, 0.5) is 0 Å². The smallest absolute Gasteiger partial charge is 0.233 e. The molecule has 0 aromatic rings. The number of amides is 1. The molecule has 1 saturated heterocycles. The molecule has 1 aliphatic rings. The van der Waals surface area contributed by atoms with Gasteiger partial charge in [-0.25, -0.2) is 0 Å². The van der Waals surface area contributed by atoms with Gasteiger partial charge < -0.3 is 5.32 Å². The number of carbonyl (C=O) groups is 1. The highest BCUT2D eigenvalue weighted by molar-refractivity contribution is 9.09. The number of rotatable bonds is 4. The monoisotopic (exact) mass is 279 g/mol. The van der Waals surface area contributed by atoms with Crippen LogP contribution in [0, 0.1) is 5.92 Å². The van der Waals surface area contributed by atoms with E-state index in [9.17, 15) is 4.79 Å². The summed E-state index contributed by atoms with van der Waals surface area (Å²) in [6.45, 7) is 4.27. The molecular weight excluding hydrogens is 262 g/mol. The van der Waals surface area contributed by atoms with Gasteiger partial charge >= 0.3 is 0 Å². The fraction of sp³-hybridized carbons (Fsp3) is 0.900. The van der Waals surface area contributed by atoms with Gasteiger partial charge in [0, 0.05) is 11.4 Å². The first kappa shape index (κ1) is 12.4. The third-order valence-electron chi connectivity index (χ3n) is 2.52. The molecule has 4 heteroatoms. The summed E-state index contributed by atoms with van der Waals surface area (Å²) in [5, 5.41) is 4.15. The lowest BCUT2D eigenvalue weighted by Gasteiger charge is -2.21. The number of alkyl halides is 1. The first-order valence-corrected chi connectivity index (χ1v) is 7.30. The Morgan fingerprint density at radius 3 is 2.79 bits per heavy atom. The Kier molecular flexibility index (Phi) is 5.31.